The lowest BCUT2D eigenvalue weighted by molar-refractivity contribution is -0.152. The van der Waals surface area contributed by atoms with E-state index in [4.69, 9.17) is 0 Å². The molecule has 0 amide bonds. The number of halogens is 1. The summed E-state index contributed by atoms with van der Waals surface area (Å²) in [5, 5.41) is 33.0. The number of hydrogen-bond donors (Lipinski definition) is 4. The first-order chi connectivity index (χ1) is 14.3. The Kier molecular flexibility index (Phi) is 6.25. The molecule has 0 aliphatic rings. The van der Waals surface area contributed by atoms with Crippen LogP contribution in [0, 0.1) is 23.6 Å². The van der Waals surface area contributed by atoms with Gasteiger partial charge in [0.2, 0.25) is 5.82 Å². The van der Waals surface area contributed by atoms with E-state index in [0.717, 1.165) is 0 Å². The van der Waals surface area contributed by atoms with Crippen LogP contribution in [0.2, 0.25) is 0 Å². The number of carbonyl (C=O) groups is 1. The van der Waals surface area contributed by atoms with Crippen molar-refractivity contribution in [3.63, 3.8) is 0 Å². The van der Waals surface area contributed by atoms with E-state index in [1.54, 1.807) is 20.0 Å². The molecular formula is C20H20FN5O4. The average molecular weight is 413 g/mol. The van der Waals surface area contributed by atoms with Crippen LogP contribution in [0.5, 0.6) is 0 Å². The first kappa shape index (κ1) is 21.2. The van der Waals surface area contributed by atoms with Crippen LogP contribution in [-0.2, 0) is 4.79 Å². The second-order valence-electron chi connectivity index (χ2n) is 6.49. The summed E-state index contributed by atoms with van der Waals surface area (Å²) in [5.41, 5.74) is 0.897. The molecule has 0 bridgehead atoms. The van der Waals surface area contributed by atoms with Gasteiger partial charge in [0.05, 0.1) is 12.2 Å². The maximum absolute atomic E-state index is 13.3. The summed E-state index contributed by atoms with van der Waals surface area (Å²) in [4.78, 5) is 24.0. The molecule has 9 nitrogen and oxygen atoms in total. The number of nitrogens with zero attached hydrogens (tertiary/aromatic N) is 4. The van der Waals surface area contributed by atoms with Gasteiger partial charge in [0.1, 0.15) is 11.9 Å². The largest absolute Gasteiger partial charge is 0.481 e. The van der Waals surface area contributed by atoms with Crippen LogP contribution >= 0.6 is 0 Å². The maximum Gasteiger partial charge on any atom is 0.309 e. The first-order valence-electron chi connectivity index (χ1n) is 9.14. The number of aliphatic hydroxyl groups is 2. The minimum atomic E-state index is -1.60. The smallest absolute Gasteiger partial charge is 0.309 e. The minimum Gasteiger partial charge on any atom is -0.481 e. The van der Waals surface area contributed by atoms with Crippen molar-refractivity contribution in [2.45, 2.75) is 25.7 Å². The molecule has 0 fully saturated rings. The van der Waals surface area contributed by atoms with Crippen LogP contribution in [0.1, 0.15) is 31.0 Å². The molecule has 0 unspecified atom stereocenters. The number of carboxylic acids is 1. The molecule has 0 spiro atoms. The highest BCUT2D eigenvalue weighted by molar-refractivity contribution is 5.83. The third-order valence-electron chi connectivity index (χ3n) is 4.56. The van der Waals surface area contributed by atoms with Crippen molar-refractivity contribution in [3.8, 4) is 11.8 Å². The highest BCUT2D eigenvalue weighted by atomic mass is 19.1. The molecule has 10 heteroatoms. The molecule has 2 aromatic heterocycles. The Morgan fingerprint density at radius 1 is 1.30 bits per heavy atom. The molecule has 0 aliphatic carbocycles. The quantitative estimate of drug-likeness (QED) is 0.445. The zero-order valence-electron chi connectivity index (χ0n) is 16.2. The summed E-state index contributed by atoms with van der Waals surface area (Å²) in [5.74, 6) is 3.08. The fourth-order valence-corrected chi connectivity index (χ4v) is 2.97. The number of anilines is 1. The molecule has 3 rings (SSSR count). The summed E-state index contributed by atoms with van der Waals surface area (Å²) in [6.45, 7) is 1.60. The number of imidazole rings is 1. The number of hydrogen-bond acceptors (Lipinski definition) is 7. The van der Waals surface area contributed by atoms with E-state index in [1.165, 1.54) is 29.1 Å². The third kappa shape index (κ3) is 4.22. The second-order valence-corrected chi connectivity index (χ2v) is 6.49. The standard InChI is InChI=1S/C20H20FN5O4/c1-3-13(20(29)30)16(27)19(28)26-10-23-15-17(22-2)24-14(25-18(15)26)8-7-11-5-4-6-12(21)9-11/h4-6,9-10,13,16,19,27-28H,3H2,1-2H3,(H,29,30)(H,22,24,25)/t13-,16+,19+/m0/s1. The molecule has 0 radical (unpaired) electrons. The van der Waals surface area contributed by atoms with Crippen molar-refractivity contribution in [3.05, 3.63) is 47.8 Å². The van der Waals surface area contributed by atoms with Crippen LogP contribution in [0.4, 0.5) is 10.2 Å². The summed E-state index contributed by atoms with van der Waals surface area (Å²) in [6, 6.07) is 5.74. The van der Waals surface area contributed by atoms with Gasteiger partial charge in [-0.15, -0.1) is 0 Å². The number of aliphatic hydroxyl groups excluding tert-OH is 2. The van der Waals surface area contributed by atoms with E-state index in [1.807, 2.05) is 0 Å². The Balaban J connectivity index is 2.04. The van der Waals surface area contributed by atoms with Crippen molar-refractivity contribution < 1.29 is 24.5 Å². The Bertz CT molecular complexity index is 1140. The van der Waals surface area contributed by atoms with Gasteiger partial charge in [-0.05, 0) is 30.5 Å². The molecule has 4 N–H and O–H groups in total. The van der Waals surface area contributed by atoms with E-state index in [-0.39, 0.29) is 17.9 Å². The molecule has 0 saturated carbocycles. The highest BCUT2D eigenvalue weighted by Gasteiger charge is 2.32. The molecule has 156 valence electrons. The van der Waals surface area contributed by atoms with E-state index >= 15 is 0 Å². The lowest BCUT2D eigenvalue weighted by Crippen LogP contribution is -2.35. The highest BCUT2D eigenvalue weighted by Crippen LogP contribution is 2.25. The van der Waals surface area contributed by atoms with Crippen molar-refractivity contribution in [2.75, 3.05) is 12.4 Å². The fraction of sp³-hybridized carbons (Fsp3) is 0.300. The van der Waals surface area contributed by atoms with Gasteiger partial charge in [-0.1, -0.05) is 18.9 Å². The number of aromatic nitrogens is 4. The lowest BCUT2D eigenvalue weighted by Gasteiger charge is -2.23. The molecule has 30 heavy (non-hydrogen) atoms. The summed E-state index contributed by atoms with van der Waals surface area (Å²) < 4.78 is 14.5. The fourth-order valence-electron chi connectivity index (χ4n) is 2.97. The Labute approximate surface area is 171 Å². The predicted molar refractivity (Wildman–Crippen MR) is 106 cm³/mol. The van der Waals surface area contributed by atoms with Crippen molar-refractivity contribution >= 4 is 23.0 Å². The van der Waals surface area contributed by atoms with E-state index < -0.39 is 30.0 Å². The van der Waals surface area contributed by atoms with Crippen LogP contribution in [0.15, 0.2) is 30.6 Å². The number of nitrogens with one attached hydrogen (secondary N) is 1. The summed E-state index contributed by atoms with van der Waals surface area (Å²) in [7, 11) is 1.62. The average Bonchev–Trinajstić information content (AvgIpc) is 3.15. The molecule has 0 saturated heterocycles. The molecule has 1 aromatic carbocycles. The predicted octanol–water partition coefficient (Wildman–Crippen LogP) is 1.37. The SMILES string of the molecule is CC[C@H](C(=O)O)[C@@H](O)[C@@H](O)n1cnc2c(NC)nc(C#Cc3cccc(F)c3)nc21. The van der Waals surface area contributed by atoms with Gasteiger partial charge in [-0.25, -0.2) is 19.3 Å². The first-order valence-corrected chi connectivity index (χ1v) is 9.14. The number of aliphatic carboxylic acids is 1. The Hall–Kier alpha value is -3.55. The van der Waals surface area contributed by atoms with Crippen molar-refractivity contribution in [1.82, 2.24) is 19.5 Å². The monoisotopic (exact) mass is 413 g/mol. The van der Waals surface area contributed by atoms with Crippen LogP contribution in [0.3, 0.4) is 0 Å². The molecule has 0 aliphatic heterocycles. The third-order valence-corrected chi connectivity index (χ3v) is 4.56. The Morgan fingerprint density at radius 3 is 2.70 bits per heavy atom. The number of rotatable bonds is 6. The lowest BCUT2D eigenvalue weighted by atomic mass is 9.98. The van der Waals surface area contributed by atoms with Gasteiger partial charge in [0, 0.05) is 12.6 Å². The number of fused-ring (bicyclic) bond motifs is 1. The van der Waals surface area contributed by atoms with E-state index in [0.29, 0.717) is 16.9 Å². The second kappa shape index (κ2) is 8.86. The Morgan fingerprint density at radius 2 is 2.07 bits per heavy atom. The molecule has 3 atom stereocenters. The van der Waals surface area contributed by atoms with Gasteiger partial charge in [-0.3, -0.25) is 9.36 Å². The van der Waals surface area contributed by atoms with Crippen LogP contribution in [-0.4, -0.2) is 54.0 Å². The van der Waals surface area contributed by atoms with Gasteiger partial charge >= 0.3 is 5.97 Å². The minimum absolute atomic E-state index is 0.0739. The summed E-state index contributed by atoms with van der Waals surface area (Å²) >= 11 is 0. The van der Waals surface area contributed by atoms with Crippen molar-refractivity contribution in [2.24, 2.45) is 5.92 Å². The summed E-state index contributed by atoms with van der Waals surface area (Å²) in [6.07, 6.45) is -1.81. The zero-order valence-corrected chi connectivity index (χ0v) is 16.2. The molecular weight excluding hydrogens is 393 g/mol. The van der Waals surface area contributed by atoms with Gasteiger partial charge < -0.3 is 20.6 Å². The zero-order chi connectivity index (χ0) is 21.8. The van der Waals surface area contributed by atoms with E-state index in [2.05, 4.69) is 32.1 Å². The molecule has 3 aromatic rings. The molecule has 2 heterocycles. The van der Waals surface area contributed by atoms with E-state index in [9.17, 15) is 24.5 Å². The van der Waals surface area contributed by atoms with Gasteiger partial charge in [-0.2, -0.15) is 0 Å². The maximum atomic E-state index is 13.3. The number of benzene rings is 1. The normalized spacial score (nSPS) is 13.9. The van der Waals surface area contributed by atoms with Gasteiger partial charge in [0.25, 0.3) is 0 Å². The van der Waals surface area contributed by atoms with Crippen LogP contribution in [0.25, 0.3) is 11.2 Å². The van der Waals surface area contributed by atoms with Gasteiger partial charge in [0.15, 0.2) is 23.2 Å². The topological polar surface area (TPSA) is 133 Å². The van der Waals surface area contributed by atoms with Crippen LogP contribution < -0.4 is 5.32 Å². The number of carboxylic acid groups (broad SMARTS) is 1. The van der Waals surface area contributed by atoms with Crippen molar-refractivity contribution in [1.29, 1.82) is 0 Å².